The van der Waals surface area contributed by atoms with E-state index in [-0.39, 0.29) is 0 Å². The molecule has 3 nitrogen and oxygen atoms in total. The number of aryl methyl sites for hydroxylation is 1. The Morgan fingerprint density at radius 1 is 0.875 bits per heavy atom. The van der Waals surface area contributed by atoms with Gasteiger partial charge in [-0.15, -0.1) is 0 Å². The quantitative estimate of drug-likeness (QED) is 0.179. The van der Waals surface area contributed by atoms with Gasteiger partial charge in [0.15, 0.2) is 0 Å². The highest BCUT2D eigenvalue weighted by atomic mass is 16.5. The second-order valence-electron chi connectivity index (χ2n) is 10.9. The van der Waals surface area contributed by atoms with Crippen molar-refractivity contribution in [1.82, 2.24) is 0 Å². The van der Waals surface area contributed by atoms with Gasteiger partial charge < -0.3 is 10.1 Å². The Kier molecular flexibility index (Phi) is 6.41. The van der Waals surface area contributed by atoms with Gasteiger partial charge in [-0.25, -0.2) is 0 Å². The second-order valence-corrected chi connectivity index (χ2v) is 10.9. The van der Waals surface area contributed by atoms with Crippen LogP contribution >= 0.6 is 0 Å². The summed E-state index contributed by atoms with van der Waals surface area (Å²) in [7, 11) is 0. The molecule has 3 heteroatoms. The topological polar surface area (TPSA) is 33.6 Å². The van der Waals surface area contributed by atoms with E-state index in [1.54, 1.807) is 0 Å². The molecule has 0 unspecified atom stereocenters. The van der Waals surface area contributed by atoms with Crippen molar-refractivity contribution in [2.75, 3.05) is 5.32 Å². The molecule has 0 bridgehead atoms. The lowest BCUT2D eigenvalue weighted by Gasteiger charge is -2.37. The van der Waals surface area contributed by atoms with Crippen molar-refractivity contribution in [2.24, 2.45) is 10.9 Å². The number of rotatable bonds is 6. The minimum Gasteiger partial charge on any atom is -0.489 e. The summed E-state index contributed by atoms with van der Waals surface area (Å²) in [6.45, 7) is 2.72. The van der Waals surface area contributed by atoms with E-state index in [0.29, 0.717) is 24.5 Å². The monoisotopic (exact) mass is 520 g/mol. The molecule has 196 valence electrons. The molecular weight excluding hydrogens is 488 g/mol. The van der Waals surface area contributed by atoms with Gasteiger partial charge in [-0.05, 0) is 94.8 Å². The molecule has 5 aromatic carbocycles. The maximum absolute atomic E-state index is 6.09. The van der Waals surface area contributed by atoms with Crippen molar-refractivity contribution in [2.45, 2.75) is 31.9 Å². The normalized spacial score (nSPS) is 19.4. The van der Waals surface area contributed by atoms with Gasteiger partial charge >= 0.3 is 0 Å². The van der Waals surface area contributed by atoms with Gasteiger partial charge in [0.2, 0.25) is 0 Å². The molecule has 40 heavy (non-hydrogen) atoms. The van der Waals surface area contributed by atoms with Gasteiger partial charge in [0.1, 0.15) is 12.4 Å². The largest absolute Gasteiger partial charge is 0.489 e. The highest BCUT2D eigenvalue weighted by Crippen LogP contribution is 2.50. The van der Waals surface area contributed by atoms with Gasteiger partial charge in [0.25, 0.3) is 0 Å². The fourth-order valence-electron chi connectivity index (χ4n) is 6.19. The van der Waals surface area contributed by atoms with E-state index >= 15 is 0 Å². The van der Waals surface area contributed by atoms with E-state index in [4.69, 9.17) is 9.73 Å². The number of hydrogen-bond donors (Lipinski definition) is 1. The van der Waals surface area contributed by atoms with E-state index in [1.165, 1.54) is 38.7 Å². The predicted octanol–water partition coefficient (Wildman–Crippen LogP) is 9.30. The smallest absolute Gasteiger partial charge is 0.119 e. The van der Waals surface area contributed by atoms with Crippen LogP contribution in [0.5, 0.6) is 5.75 Å². The number of benzene rings is 5. The Labute approximate surface area is 235 Å². The van der Waals surface area contributed by atoms with Crippen LogP contribution in [-0.4, -0.2) is 6.21 Å². The molecule has 7 rings (SSSR count). The van der Waals surface area contributed by atoms with E-state index in [9.17, 15) is 0 Å². The number of anilines is 1. The number of hydrogen-bond acceptors (Lipinski definition) is 3. The van der Waals surface area contributed by atoms with Crippen LogP contribution in [0.3, 0.4) is 0 Å². The number of allylic oxidation sites excluding steroid dienone is 2. The molecule has 1 aliphatic heterocycles. The first-order chi connectivity index (χ1) is 19.7. The second kappa shape index (κ2) is 10.5. The Hall–Kier alpha value is -4.63. The number of nitrogens with zero attached hydrogens (tertiary/aromatic N) is 1. The Morgan fingerprint density at radius 3 is 2.58 bits per heavy atom. The summed E-state index contributed by atoms with van der Waals surface area (Å²) < 4.78 is 6.09. The van der Waals surface area contributed by atoms with E-state index in [0.717, 1.165) is 23.4 Å². The van der Waals surface area contributed by atoms with Crippen LogP contribution in [0.4, 0.5) is 11.4 Å². The van der Waals surface area contributed by atoms with Crippen molar-refractivity contribution in [3.8, 4) is 5.75 Å². The zero-order chi connectivity index (χ0) is 26.9. The highest BCUT2D eigenvalue weighted by molar-refractivity contribution is 5.85. The number of fused-ring (bicyclic) bond motifs is 4. The van der Waals surface area contributed by atoms with Crippen LogP contribution in [0.2, 0.25) is 0 Å². The molecule has 0 saturated carbocycles. The van der Waals surface area contributed by atoms with Gasteiger partial charge in [0, 0.05) is 17.8 Å². The fraction of sp³-hybridized carbons (Fsp3) is 0.162. The predicted molar refractivity (Wildman–Crippen MR) is 166 cm³/mol. The molecule has 0 spiro atoms. The summed E-state index contributed by atoms with van der Waals surface area (Å²) >= 11 is 0. The molecular formula is C37H32N2O. The molecule has 0 aromatic heterocycles. The van der Waals surface area contributed by atoms with Gasteiger partial charge in [-0.1, -0.05) is 84.4 Å². The molecule has 0 fully saturated rings. The Bertz CT molecular complexity index is 1710. The molecule has 5 aromatic rings. The zero-order valence-corrected chi connectivity index (χ0v) is 22.6. The van der Waals surface area contributed by atoms with E-state index in [2.05, 4.69) is 121 Å². The van der Waals surface area contributed by atoms with Gasteiger partial charge in [0.05, 0.1) is 11.7 Å². The minimum atomic E-state index is 0.301. The van der Waals surface area contributed by atoms with Gasteiger partial charge in [-0.2, -0.15) is 0 Å². The molecule has 1 heterocycles. The van der Waals surface area contributed by atoms with Crippen LogP contribution in [-0.2, 0) is 6.61 Å². The van der Waals surface area contributed by atoms with Crippen LogP contribution < -0.4 is 10.1 Å². The first-order valence-corrected chi connectivity index (χ1v) is 14.1. The first kappa shape index (κ1) is 24.4. The third kappa shape index (κ3) is 4.80. The van der Waals surface area contributed by atoms with Crippen molar-refractivity contribution in [1.29, 1.82) is 0 Å². The molecule has 3 atom stereocenters. The Morgan fingerprint density at radius 2 is 1.70 bits per heavy atom. The summed E-state index contributed by atoms with van der Waals surface area (Å²) in [5, 5.41) is 6.30. The highest BCUT2D eigenvalue weighted by Gasteiger charge is 2.37. The molecule has 0 amide bonds. The minimum absolute atomic E-state index is 0.301. The lowest BCUT2D eigenvalue weighted by Crippen LogP contribution is -2.29. The summed E-state index contributed by atoms with van der Waals surface area (Å²) in [5.41, 5.74) is 8.51. The van der Waals surface area contributed by atoms with Crippen LogP contribution in [0.25, 0.3) is 10.8 Å². The van der Waals surface area contributed by atoms with Gasteiger partial charge in [-0.3, -0.25) is 4.99 Å². The average molecular weight is 521 g/mol. The number of aliphatic imine (C=N–C) groups is 1. The fourth-order valence-corrected chi connectivity index (χ4v) is 6.19. The first-order valence-electron chi connectivity index (χ1n) is 14.1. The summed E-state index contributed by atoms with van der Waals surface area (Å²) in [4.78, 5) is 4.73. The third-order valence-corrected chi connectivity index (χ3v) is 8.29. The van der Waals surface area contributed by atoms with Crippen LogP contribution in [0.1, 0.15) is 46.2 Å². The maximum atomic E-state index is 6.09. The lowest BCUT2D eigenvalue weighted by atomic mass is 9.76. The van der Waals surface area contributed by atoms with Crippen molar-refractivity contribution < 1.29 is 4.74 Å². The Balaban J connectivity index is 1.01. The maximum Gasteiger partial charge on any atom is 0.119 e. The molecule has 1 N–H and O–H groups in total. The lowest BCUT2D eigenvalue weighted by molar-refractivity contribution is 0.307. The van der Waals surface area contributed by atoms with Crippen molar-refractivity contribution in [3.63, 3.8) is 0 Å². The summed E-state index contributed by atoms with van der Waals surface area (Å²) in [5.74, 6) is 1.88. The van der Waals surface area contributed by atoms with E-state index in [1.807, 2.05) is 18.3 Å². The zero-order valence-electron chi connectivity index (χ0n) is 22.6. The SMILES string of the molecule is Cc1ccc2c(c1)[C@@H]1C=CC[C@H]1[C@@H](c1ccc(N=Cc3ccc(OCc4cccc5ccccc45)cc3)cc1)N2. The third-order valence-electron chi connectivity index (χ3n) is 8.29. The van der Waals surface area contributed by atoms with Crippen molar-refractivity contribution >= 4 is 28.4 Å². The average Bonchev–Trinajstić information content (AvgIpc) is 3.50. The number of nitrogens with one attached hydrogen (secondary N) is 1. The summed E-state index contributed by atoms with van der Waals surface area (Å²) in [6.07, 6.45) is 7.77. The molecule has 2 aliphatic rings. The van der Waals surface area contributed by atoms with E-state index < -0.39 is 0 Å². The molecule has 0 saturated heterocycles. The standard InChI is InChI=1S/C37H32N2O/c1-25-12-21-36-35(22-25)33-10-5-11-34(33)37(39-36)28-15-17-30(18-16-28)38-23-26-13-19-31(20-14-26)40-24-29-8-4-7-27-6-2-3-9-32(27)29/h2-10,12-23,33-34,37,39H,11,24H2,1H3/t33-,34-,37-/m1/s1. The molecule has 0 radical (unpaired) electrons. The van der Waals surface area contributed by atoms with Crippen LogP contribution in [0.15, 0.2) is 126 Å². The van der Waals surface area contributed by atoms with Crippen LogP contribution in [0, 0.1) is 12.8 Å². The number of ether oxygens (including phenoxy) is 1. The molecule has 1 aliphatic carbocycles. The summed E-state index contributed by atoms with van der Waals surface area (Å²) in [6, 6.07) is 38.7. The van der Waals surface area contributed by atoms with Crippen molar-refractivity contribution in [3.05, 3.63) is 149 Å².